The van der Waals surface area contributed by atoms with Crippen LogP contribution >= 0.6 is 0 Å². The van der Waals surface area contributed by atoms with Gasteiger partial charge in [0.2, 0.25) is 0 Å². The molecule has 1 saturated carbocycles. The first kappa shape index (κ1) is 13.0. The highest BCUT2D eigenvalue weighted by molar-refractivity contribution is 5.44. The van der Waals surface area contributed by atoms with Gasteiger partial charge in [-0.05, 0) is 50.7 Å². The minimum atomic E-state index is 0.686. The molecule has 19 heavy (non-hydrogen) atoms. The highest BCUT2D eigenvalue weighted by Crippen LogP contribution is 2.37. The van der Waals surface area contributed by atoms with E-state index in [-0.39, 0.29) is 0 Å². The smallest absolute Gasteiger partial charge is 0.0342 e. The average Bonchev–Trinajstić information content (AvgIpc) is 2.39. The first-order valence-corrected chi connectivity index (χ1v) is 7.79. The fourth-order valence-corrected chi connectivity index (χ4v) is 3.86. The Kier molecular flexibility index (Phi) is 3.79. The molecule has 104 valence electrons. The Bertz CT molecular complexity index is 387. The van der Waals surface area contributed by atoms with Gasteiger partial charge in [0, 0.05) is 30.9 Å². The Morgan fingerprint density at radius 1 is 1.05 bits per heavy atom. The van der Waals surface area contributed by atoms with Crippen LogP contribution in [-0.4, -0.2) is 30.1 Å². The Morgan fingerprint density at radius 2 is 1.68 bits per heavy atom. The molecule has 1 aromatic rings. The zero-order chi connectivity index (χ0) is 13.2. The second kappa shape index (κ2) is 5.54. The minimum Gasteiger partial charge on any atom is -0.382 e. The van der Waals surface area contributed by atoms with Gasteiger partial charge in [-0.25, -0.2) is 0 Å². The van der Waals surface area contributed by atoms with E-state index in [1.165, 1.54) is 38.0 Å². The summed E-state index contributed by atoms with van der Waals surface area (Å²) in [5, 5.41) is 3.82. The molecule has 0 amide bonds. The van der Waals surface area contributed by atoms with Crippen LogP contribution in [0.15, 0.2) is 30.3 Å². The van der Waals surface area contributed by atoms with Crippen molar-refractivity contribution in [1.29, 1.82) is 0 Å². The zero-order valence-corrected chi connectivity index (χ0v) is 12.2. The maximum absolute atomic E-state index is 3.82. The van der Waals surface area contributed by atoms with Crippen molar-refractivity contribution in [1.82, 2.24) is 4.90 Å². The second-order valence-corrected chi connectivity index (χ2v) is 6.53. The molecule has 2 fully saturated rings. The van der Waals surface area contributed by atoms with Gasteiger partial charge in [0.25, 0.3) is 0 Å². The van der Waals surface area contributed by atoms with Gasteiger partial charge in [0.05, 0.1) is 0 Å². The lowest BCUT2D eigenvalue weighted by molar-refractivity contribution is 0.0518. The molecule has 2 unspecified atom stereocenters. The molecule has 2 bridgehead atoms. The molecule has 1 aliphatic heterocycles. The Hall–Kier alpha value is -1.02. The maximum Gasteiger partial charge on any atom is 0.0342 e. The van der Waals surface area contributed by atoms with Crippen LogP contribution in [0.3, 0.4) is 0 Å². The molecule has 2 atom stereocenters. The van der Waals surface area contributed by atoms with Gasteiger partial charge in [-0.2, -0.15) is 0 Å². The van der Waals surface area contributed by atoms with Gasteiger partial charge in [-0.15, -0.1) is 0 Å². The molecule has 2 nitrogen and oxygen atoms in total. The summed E-state index contributed by atoms with van der Waals surface area (Å²) in [4.78, 5) is 2.68. The molecule has 1 N–H and O–H groups in total. The van der Waals surface area contributed by atoms with E-state index in [0.29, 0.717) is 12.1 Å². The van der Waals surface area contributed by atoms with Crippen LogP contribution in [-0.2, 0) is 0 Å². The number of para-hydroxylation sites is 1. The fraction of sp³-hybridized carbons (Fsp3) is 0.647. The Labute approximate surface area is 117 Å². The SMILES string of the molecule is CC(C)N1CC2CCCC(C1)C2Nc1ccccc1. The van der Waals surface area contributed by atoms with Crippen LogP contribution in [0.25, 0.3) is 0 Å². The number of likely N-dealkylation sites (tertiary alicyclic amines) is 1. The van der Waals surface area contributed by atoms with Crippen molar-refractivity contribution in [3.63, 3.8) is 0 Å². The summed E-state index contributed by atoms with van der Waals surface area (Å²) in [7, 11) is 0. The van der Waals surface area contributed by atoms with E-state index in [1.807, 2.05) is 0 Å². The van der Waals surface area contributed by atoms with Gasteiger partial charge < -0.3 is 10.2 Å². The average molecular weight is 258 g/mol. The number of hydrogen-bond acceptors (Lipinski definition) is 2. The lowest BCUT2D eigenvalue weighted by Gasteiger charge is -2.49. The number of anilines is 1. The van der Waals surface area contributed by atoms with E-state index in [1.54, 1.807) is 0 Å². The molecular weight excluding hydrogens is 232 g/mol. The first-order chi connectivity index (χ1) is 9.24. The lowest BCUT2D eigenvalue weighted by atomic mass is 9.73. The molecular formula is C17H26N2. The summed E-state index contributed by atoms with van der Waals surface area (Å²) in [6.07, 6.45) is 4.21. The topological polar surface area (TPSA) is 15.3 Å². The van der Waals surface area contributed by atoms with Crippen molar-refractivity contribution in [3.05, 3.63) is 30.3 Å². The van der Waals surface area contributed by atoms with E-state index in [0.717, 1.165) is 11.8 Å². The molecule has 2 aliphatic rings. The first-order valence-electron chi connectivity index (χ1n) is 7.79. The van der Waals surface area contributed by atoms with Gasteiger partial charge in [-0.1, -0.05) is 24.6 Å². The minimum absolute atomic E-state index is 0.686. The van der Waals surface area contributed by atoms with Crippen molar-refractivity contribution in [2.75, 3.05) is 18.4 Å². The fourth-order valence-electron chi connectivity index (χ4n) is 3.86. The highest BCUT2D eigenvalue weighted by atomic mass is 15.2. The second-order valence-electron chi connectivity index (χ2n) is 6.53. The summed E-state index contributed by atoms with van der Waals surface area (Å²) >= 11 is 0. The van der Waals surface area contributed by atoms with Crippen molar-refractivity contribution >= 4 is 5.69 Å². The number of benzene rings is 1. The third-order valence-electron chi connectivity index (χ3n) is 4.94. The summed E-state index contributed by atoms with van der Waals surface area (Å²) in [5.74, 6) is 1.66. The normalized spacial score (nSPS) is 31.4. The Morgan fingerprint density at radius 3 is 2.26 bits per heavy atom. The van der Waals surface area contributed by atoms with Crippen LogP contribution < -0.4 is 5.32 Å². The summed E-state index contributed by atoms with van der Waals surface area (Å²) < 4.78 is 0. The number of nitrogens with zero attached hydrogens (tertiary/aromatic N) is 1. The molecule has 1 aromatic carbocycles. The van der Waals surface area contributed by atoms with Crippen LogP contribution in [0, 0.1) is 11.8 Å². The van der Waals surface area contributed by atoms with Gasteiger partial charge in [-0.3, -0.25) is 0 Å². The summed E-state index contributed by atoms with van der Waals surface area (Å²) in [6.45, 7) is 7.22. The predicted molar refractivity (Wildman–Crippen MR) is 81.4 cm³/mol. The van der Waals surface area contributed by atoms with Gasteiger partial charge in [0.1, 0.15) is 0 Å². The molecule has 3 rings (SSSR count). The van der Waals surface area contributed by atoms with Crippen molar-refractivity contribution < 1.29 is 0 Å². The number of piperidine rings is 1. The number of nitrogens with one attached hydrogen (secondary N) is 1. The Balaban J connectivity index is 1.72. The van der Waals surface area contributed by atoms with E-state index in [4.69, 9.17) is 0 Å². The lowest BCUT2D eigenvalue weighted by Crippen LogP contribution is -2.56. The third-order valence-corrected chi connectivity index (χ3v) is 4.94. The number of rotatable bonds is 3. The molecule has 0 aromatic heterocycles. The standard InChI is InChI=1S/C17H26N2/c1-13(2)19-11-14-7-6-8-15(12-19)17(14)18-16-9-4-3-5-10-16/h3-5,9-10,13-15,17-18H,6-8,11-12H2,1-2H3. The van der Waals surface area contributed by atoms with Crippen LogP contribution in [0.1, 0.15) is 33.1 Å². The van der Waals surface area contributed by atoms with E-state index in [9.17, 15) is 0 Å². The number of hydrogen-bond donors (Lipinski definition) is 1. The third kappa shape index (κ3) is 2.79. The van der Waals surface area contributed by atoms with Crippen molar-refractivity contribution in [2.24, 2.45) is 11.8 Å². The molecule has 1 heterocycles. The molecule has 0 spiro atoms. The van der Waals surface area contributed by atoms with E-state index < -0.39 is 0 Å². The van der Waals surface area contributed by atoms with E-state index >= 15 is 0 Å². The molecule has 1 aliphatic carbocycles. The largest absolute Gasteiger partial charge is 0.382 e. The molecule has 0 radical (unpaired) electrons. The quantitative estimate of drug-likeness (QED) is 0.891. The maximum atomic E-state index is 3.82. The zero-order valence-electron chi connectivity index (χ0n) is 12.2. The van der Waals surface area contributed by atoms with Crippen LogP contribution in [0.5, 0.6) is 0 Å². The highest BCUT2D eigenvalue weighted by Gasteiger charge is 2.39. The summed E-state index contributed by atoms with van der Waals surface area (Å²) in [6, 6.07) is 12.1. The number of fused-ring (bicyclic) bond motifs is 2. The van der Waals surface area contributed by atoms with Gasteiger partial charge >= 0.3 is 0 Å². The monoisotopic (exact) mass is 258 g/mol. The van der Waals surface area contributed by atoms with Crippen LogP contribution in [0.4, 0.5) is 5.69 Å². The predicted octanol–water partition coefficient (Wildman–Crippen LogP) is 3.61. The molecule has 2 heteroatoms. The summed E-state index contributed by atoms with van der Waals surface area (Å²) in [5.41, 5.74) is 1.29. The van der Waals surface area contributed by atoms with Crippen molar-refractivity contribution in [3.8, 4) is 0 Å². The van der Waals surface area contributed by atoms with Gasteiger partial charge in [0.15, 0.2) is 0 Å². The van der Waals surface area contributed by atoms with Crippen LogP contribution in [0.2, 0.25) is 0 Å². The van der Waals surface area contributed by atoms with E-state index in [2.05, 4.69) is 54.4 Å². The van der Waals surface area contributed by atoms with Crippen molar-refractivity contribution in [2.45, 2.75) is 45.2 Å². The molecule has 1 saturated heterocycles.